The number of hydrazine groups is 1. The van der Waals surface area contributed by atoms with Gasteiger partial charge in [0.25, 0.3) is 5.91 Å². The van der Waals surface area contributed by atoms with Crippen LogP contribution in [0.2, 0.25) is 5.02 Å². The summed E-state index contributed by atoms with van der Waals surface area (Å²) in [6.45, 7) is 5.25. The van der Waals surface area contributed by atoms with Crippen LogP contribution in [0.3, 0.4) is 0 Å². The minimum absolute atomic E-state index is 0.160. The minimum atomic E-state index is -0.160. The topological polar surface area (TPSA) is 74.5 Å². The maximum absolute atomic E-state index is 12.6. The summed E-state index contributed by atoms with van der Waals surface area (Å²) >= 11 is 6.09. The summed E-state index contributed by atoms with van der Waals surface area (Å²) in [5, 5.41) is 0.344. The van der Waals surface area contributed by atoms with E-state index in [-0.39, 0.29) is 17.6 Å². The van der Waals surface area contributed by atoms with E-state index in [4.69, 9.17) is 17.4 Å². The second-order valence-electron chi connectivity index (χ2n) is 5.25. The van der Waals surface area contributed by atoms with Crippen LogP contribution in [0.15, 0.2) is 12.1 Å². The molecular formula is C14H22ClN5O. The third-order valence-corrected chi connectivity index (χ3v) is 4.37. The summed E-state index contributed by atoms with van der Waals surface area (Å²) in [4.78, 5) is 20.9. The van der Waals surface area contributed by atoms with Gasteiger partial charge in [-0.1, -0.05) is 18.5 Å². The molecule has 2 heterocycles. The molecule has 1 aromatic heterocycles. The quantitative estimate of drug-likeness (QED) is 0.652. The number of aromatic nitrogens is 1. The SMILES string of the molecule is CCN1CCC(N(C)C(=O)c2nc(NN)ccc2Cl)CC1. The molecule has 1 aliphatic rings. The van der Waals surface area contributed by atoms with E-state index in [1.807, 2.05) is 7.05 Å². The number of likely N-dealkylation sites (tertiary alicyclic amines) is 1. The van der Waals surface area contributed by atoms with E-state index in [2.05, 4.69) is 22.2 Å². The summed E-state index contributed by atoms with van der Waals surface area (Å²) in [6, 6.07) is 3.50. The summed E-state index contributed by atoms with van der Waals surface area (Å²) in [7, 11) is 1.81. The van der Waals surface area contributed by atoms with E-state index in [1.54, 1.807) is 17.0 Å². The maximum atomic E-state index is 12.6. The highest BCUT2D eigenvalue weighted by Gasteiger charge is 2.27. The molecule has 1 aliphatic heterocycles. The first-order valence-corrected chi connectivity index (χ1v) is 7.57. The van der Waals surface area contributed by atoms with Crippen molar-refractivity contribution in [2.75, 3.05) is 32.1 Å². The van der Waals surface area contributed by atoms with Gasteiger partial charge in [-0.05, 0) is 31.5 Å². The lowest BCUT2D eigenvalue weighted by Crippen LogP contribution is -2.45. The first kappa shape index (κ1) is 16.0. The van der Waals surface area contributed by atoms with Crippen molar-refractivity contribution in [1.82, 2.24) is 14.8 Å². The van der Waals surface area contributed by atoms with Gasteiger partial charge in [-0.15, -0.1) is 0 Å². The number of nitrogens with zero attached hydrogens (tertiary/aromatic N) is 3. The molecule has 3 N–H and O–H groups in total. The molecule has 0 aliphatic carbocycles. The molecule has 1 fully saturated rings. The Labute approximate surface area is 130 Å². The minimum Gasteiger partial charge on any atom is -0.337 e. The predicted octanol–water partition coefficient (Wildman–Crippen LogP) is 1.58. The van der Waals surface area contributed by atoms with Crippen molar-refractivity contribution >= 4 is 23.3 Å². The number of piperidine rings is 1. The Morgan fingerprint density at radius 3 is 2.76 bits per heavy atom. The van der Waals surface area contributed by atoms with E-state index < -0.39 is 0 Å². The van der Waals surface area contributed by atoms with Gasteiger partial charge in [0.2, 0.25) is 0 Å². The number of nitrogen functional groups attached to an aromatic ring is 1. The summed E-state index contributed by atoms with van der Waals surface area (Å²) in [6.07, 6.45) is 1.95. The fraction of sp³-hybridized carbons (Fsp3) is 0.571. The Morgan fingerprint density at radius 2 is 2.19 bits per heavy atom. The Morgan fingerprint density at radius 1 is 1.52 bits per heavy atom. The van der Waals surface area contributed by atoms with Gasteiger partial charge < -0.3 is 15.2 Å². The van der Waals surface area contributed by atoms with Gasteiger partial charge in [0.05, 0.1) is 5.02 Å². The highest BCUT2D eigenvalue weighted by Crippen LogP contribution is 2.21. The molecule has 0 radical (unpaired) electrons. The number of amides is 1. The standard InChI is InChI=1S/C14H22ClN5O/c1-3-20-8-6-10(7-9-20)19(2)14(21)13-11(15)4-5-12(17-13)18-16/h4-5,10H,3,6-9,16H2,1-2H3,(H,17,18). The second-order valence-corrected chi connectivity index (χ2v) is 5.66. The molecule has 0 unspecified atom stereocenters. The van der Waals surface area contributed by atoms with Crippen molar-refractivity contribution in [3.8, 4) is 0 Å². The van der Waals surface area contributed by atoms with Gasteiger partial charge in [-0.25, -0.2) is 10.8 Å². The normalized spacial score (nSPS) is 16.8. The average Bonchev–Trinajstić information content (AvgIpc) is 2.54. The van der Waals surface area contributed by atoms with Crippen LogP contribution in [-0.4, -0.2) is 53.4 Å². The number of rotatable bonds is 4. The van der Waals surface area contributed by atoms with Crippen LogP contribution in [0, 0.1) is 0 Å². The number of halogens is 1. The predicted molar refractivity (Wildman–Crippen MR) is 84.3 cm³/mol. The van der Waals surface area contributed by atoms with Crippen LogP contribution in [0.5, 0.6) is 0 Å². The van der Waals surface area contributed by atoms with Crippen LogP contribution >= 0.6 is 11.6 Å². The Balaban J connectivity index is 2.09. The lowest BCUT2D eigenvalue weighted by atomic mass is 10.0. The van der Waals surface area contributed by atoms with E-state index in [0.29, 0.717) is 10.8 Å². The number of nitrogens with two attached hydrogens (primary N) is 1. The van der Waals surface area contributed by atoms with Gasteiger partial charge in [-0.3, -0.25) is 4.79 Å². The van der Waals surface area contributed by atoms with E-state index in [9.17, 15) is 4.79 Å². The third kappa shape index (κ3) is 3.64. The maximum Gasteiger partial charge on any atom is 0.274 e. The summed E-state index contributed by atoms with van der Waals surface area (Å²) in [5.41, 5.74) is 2.68. The van der Waals surface area contributed by atoms with Gasteiger partial charge >= 0.3 is 0 Å². The van der Waals surface area contributed by atoms with Crippen molar-refractivity contribution in [3.63, 3.8) is 0 Å². The number of hydrogen-bond acceptors (Lipinski definition) is 5. The highest BCUT2D eigenvalue weighted by molar-refractivity contribution is 6.33. The number of hydrogen-bond donors (Lipinski definition) is 2. The molecule has 21 heavy (non-hydrogen) atoms. The van der Waals surface area contributed by atoms with E-state index in [0.717, 1.165) is 32.5 Å². The first-order valence-electron chi connectivity index (χ1n) is 7.19. The Hall–Kier alpha value is -1.37. The summed E-state index contributed by atoms with van der Waals surface area (Å²) < 4.78 is 0. The molecule has 0 aromatic carbocycles. The highest BCUT2D eigenvalue weighted by atomic mass is 35.5. The first-order chi connectivity index (χ1) is 10.1. The number of nitrogens with one attached hydrogen (secondary N) is 1. The zero-order valence-electron chi connectivity index (χ0n) is 12.5. The van der Waals surface area contributed by atoms with E-state index in [1.165, 1.54) is 0 Å². The molecule has 2 rings (SSSR count). The molecule has 0 spiro atoms. The molecule has 1 saturated heterocycles. The fourth-order valence-corrected chi connectivity index (χ4v) is 2.81. The lowest BCUT2D eigenvalue weighted by Gasteiger charge is -2.36. The fourth-order valence-electron chi connectivity index (χ4n) is 2.63. The number of pyridine rings is 1. The smallest absolute Gasteiger partial charge is 0.274 e. The molecule has 0 bridgehead atoms. The summed E-state index contributed by atoms with van der Waals surface area (Å²) in [5.74, 6) is 5.60. The third-order valence-electron chi connectivity index (χ3n) is 4.07. The molecule has 6 nitrogen and oxygen atoms in total. The largest absolute Gasteiger partial charge is 0.337 e. The second kappa shape index (κ2) is 7.06. The Kier molecular flexibility index (Phi) is 5.39. The van der Waals surface area contributed by atoms with E-state index >= 15 is 0 Å². The molecular weight excluding hydrogens is 290 g/mol. The Bertz CT molecular complexity index is 502. The van der Waals surface area contributed by atoms with Crippen LogP contribution in [0.1, 0.15) is 30.3 Å². The van der Waals surface area contributed by atoms with Crippen molar-refractivity contribution in [2.24, 2.45) is 5.84 Å². The molecule has 0 saturated carbocycles. The lowest BCUT2D eigenvalue weighted by molar-refractivity contribution is 0.0641. The van der Waals surface area contributed by atoms with Crippen molar-refractivity contribution in [3.05, 3.63) is 22.8 Å². The average molecular weight is 312 g/mol. The van der Waals surface area contributed by atoms with Crippen LogP contribution in [0.4, 0.5) is 5.82 Å². The molecule has 1 amide bonds. The van der Waals surface area contributed by atoms with Crippen molar-refractivity contribution in [2.45, 2.75) is 25.8 Å². The van der Waals surface area contributed by atoms with Gasteiger partial charge in [0.15, 0.2) is 0 Å². The zero-order chi connectivity index (χ0) is 15.4. The molecule has 1 aromatic rings. The van der Waals surface area contributed by atoms with Gasteiger partial charge in [0.1, 0.15) is 11.5 Å². The number of anilines is 1. The number of carbonyl (C=O) groups excluding carboxylic acids is 1. The molecule has 7 heteroatoms. The van der Waals surface area contributed by atoms with Crippen molar-refractivity contribution < 1.29 is 4.79 Å². The number of carbonyl (C=O) groups is 1. The zero-order valence-corrected chi connectivity index (χ0v) is 13.2. The van der Waals surface area contributed by atoms with Crippen LogP contribution in [-0.2, 0) is 0 Å². The molecule has 116 valence electrons. The van der Waals surface area contributed by atoms with Crippen molar-refractivity contribution in [1.29, 1.82) is 0 Å². The van der Waals surface area contributed by atoms with Crippen LogP contribution in [0.25, 0.3) is 0 Å². The van der Waals surface area contributed by atoms with Gasteiger partial charge in [-0.2, -0.15) is 0 Å². The molecule has 0 atom stereocenters. The van der Waals surface area contributed by atoms with Gasteiger partial charge in [0, 0.05) is 26.2 Å². The van der Waals surface area contributed by atoms with Crippen LogP contribution < -0.4 is 11.3 Å². The monoisotopic (exact) mass is 311 g/mol.